The van der Waals surface area contributed by atoms with Crippen LogP contribution in [0.4, 0.5) is 0 Å². The fraction of sp³-hybridized carbons (Fsp3) is 0.600. The average molecular weight is 285 g/mol. The molecule has 2 aromatic rings. The summed E-state index contributed by atoms with van der Waals surface area (Å²) in [4.78, 5) is 0. The Morgan fingerprint density at radius 2 is 1.52 bits per heavy atom. The molecule has 0 aliphatic carbocycles. The standard InChI is InChI=1S/C20H31N/c1-3-5-6-7-8-9-12-16-21-19(13-4-2)17-18-14-10-11-15-20(18)21/h10-11,14-15,17H,3-9,12-13,16H2,1-2H3. The van der Waals surface area contributed by atoms with Crippen LogP contribution in [0, 0.1) is 0 Å². The van der Waals surface area contributed by atoms with E-state index in [1.54, 1.807) is 0 Å². The van der Waals surface area contributed by atoms with Gasteiger partial charge >= 0.3 is 0 Å². The van der Waals surface area contributed by atoms with Crippen LogP contribution in [-0.2, 0) is 13.0 Å². The Morgan fingerprint density at radius 1 is 0.810 bits per heavy atom. The first-order valence-electron chi connectivity index (χ1n) is 8.94. The first-order valence-corrected chi connectivity index (χ1v) is 8.94. The van der Waals surface area contributed by atoms with E-state index in [4.69, 9.17) is 0 Å². The van der Waals surface area contributed by atoms with Gasteiger partial charge < -0.3 is 4.57 Å². The van der Waals surface area contributed by atoms with Crippen LogP contribution in [0.5, 0.6) is 0 Å². The van der Waals surface area contributed by atoms with Gasteiger partial charge in [-0.2, -0.15) is 0 Å². The SMILES string of the molecule is CCCCCCCCCn1c(CCC)cc2ccccc21. The lowest BCUT2D eigenvalue weighted by Crippen LogP contribution is -2.03. The number of para-hydroxylation sites is 1. The Labute approximate surface area is 130 Å². The van der Waals surface area contributed by atoms with E-state index in [2.05, 4.69) is 48.7 Å². The maximum absolute atomic E-state index is 2.56. The van der Waals surface area contributed by atoms with Crippen molar-refractivity contribution < 1.29 is 0 Å². The molecule has 1 heteroatoms. The van der Waals surface area contributed by atoms with Crippen LogP contribution in [0.3, 0.4) is 0 Å². The van der Waals surface area contributed by atoms with E-state index < -0.39 is 0 Å². The number of hydrogen-bond donors (Lipinski definition) is 0. The quantitative estimate of drug-likeness (QED) is 0.448. The zero-order chi connectivity index (χ0) is 14.9. The fourth-order valence-electron chi connectivity index (χ4n) is 3.22. The first-order chi connectivity index (χ1) is 10.4. The molecule has 1 aromatic carbocycles. The van der Waals surface area contributed by atoms with Gasteiger partial charge in [0.25, 0.3) is 0 Å². The molecule has 0 spiro atoms. The maximum Gasteiger partial charge on any atom is 0.0482 e. The number of aromatic nitrogens is 1. The van der Waals surface area contributed by atoms with Crippen molar-refractivity contribution in [2.75, 3.05) is 0 Å². The third kappa shape index (κ3) is 4.62. The Balaban J connectivity index is 1.89. The lowest BCUT2D eigenvalue weighted by Gasteiger charge is -2.10. The predicted molar refractivity (Wildman–Crippen MR) is 93.9 cm³/mol. The number of hydrogen-bond acceptors (Lipinski definition) is 0. The molecule has 1 heterocycles. The van der Waals surface area contributed by atoms with Crippen LogP contribution in [0.25, 0.3) is 10.9 Å². The van der Waals surface area contributed by atoms with Gasteiger partial charge in [0.05, 0.1) is 0 Å². The summed E-state index contributed by atoms with van der Waals surface area (Å²) in [5.74, 6) is 0. The van der Waals surface area contributed by atoms with Crippen molar-refractivity contribution in [1.82, 2.24) is 4.57 Å². The van der Waals surface area contributed by atoms with Gasteiger partial charge in [0.2, 0.25) is 0 Å². The molecule has 0 fully saturated rings. The molecular weight excluding hydrogens is 254 g/mol. The zero-order valence-electron chi connectivity index (χ0n) is 13.9. The minimum atomic E-state index is 1.19. The summed E-state index contributed by atoms with van der Waals surface area (Å²) in [6, 6.07) is 11.2. The van der Waals surface area contributed by atoms with E-state index in [1.165, 1.54) is 80.9 Å². The highest BCUT2D eigenvalue weighted by Crippen LogP contribution is 2.22. The van der Waals surface area contributed by atoms with Gasteiger partial charge in [-0.1, -0.05) is 77.0 Å². The highest BCUT2D eigenvalue weighted by Gasteiger charge is 2.07. The minimum Gasteiger partial charge on any atom is -0.345 e. The topological polar surface area (TPSA) is 4.93 Å². The van der Waals surface area contributed by atoms with Gasteiger partial charge in [-0.05, 0) is 30.4 Å². The summed E-state index contributed by atoms with van der Waals surface area (Å²) < 4.78 is 2.56. The Morgan fingerprint density at radius 3 is 2.29 bits per heavy atom. The molecule has 0 unspecified atom stereocenters. The van der Waals surface area contributed by atoms with E-state index in [0.29, 0.717) is 0 Å². The Kier molecular flexibility index (Phi) is 6.85. The molecule has 1 nitrogen and oxygen atoms in total. The van der Waals surface area contributed by atoms with Crippen molar-refractivity contribution in [3.63, 3.8) is 0 Å². The third-order valence-corrected chi connectivity index (χ3v) is 4.39. The van der Waals surface area contributed by atoms with Crippen molar-refractivity contribution in [2.24, 2.45) is 0 Å². The summed E-state index contributed by atoms with van der Waals surface area (Å²) >= 11 is 0. The number of benzene rings is 1. The van der Waals surface area contributed by atoms with Crippen LogP contribution >= 0.6 is 0 Å². The summed E-state index contributed by atoms with van der Waals surface area (Å²) in [5.41, 5.74) is 2.94. The molecule has 0 radical (unpaired) electrons. The smallest absolute Gasteiger partial charge is 0.0482 e. The third-order valence-electron chi connectivity index (χ3n) is 4.39. The molecule has 1 aromatic heterocycles. The van der Waals surface area contributed by atoms with Gasteiger partial charge in [-0.25, -0.2) is 0 Å². The Hall–Kier alpha value is -1.24. The largest absolute Gasteiger partial charge is 0.345 e. The van der Waals surface area contributed by atoms with Gasteiger partial charge in [0.15, 0.2) is 0 Å². The van der Waals surface area contributed by atoms with E-state index in [-0.39, 0.29) is 0 Å². The molecule has 0 amide bonds. The van der Waals surface area contributed by atoms with Gasteiger partial charge in [-0.3, -0.25) is 0 Å². The van der Waals surface area contributed by atoms with Gasteiger partial charge in [0.1, 0.15) is 0 Å². The summed E-state index contributed by atoms with van der Waals surface area (Å²) in [6.45, 7) is 5.75. The Bertz CT molecular complexity index is 524. The van der Waals surface area contributed by atoms with Crippen LogP contribution in [0.2, 0.25) is 0 Å². The average Bonchev–Trinajstić information content (AvgIpc) is 2.84. The molecule has 0 bridgehead atoms. The van der Waals surface area contributed by atoms with Gasteiger partial charge in [0, 0.05) is 17.8 Å². The number of fused-ring (bicyclic) bond motifs is 1. The van der Waals surface area contributed by atoms with E-state index in [9.17, 15) is 0 Å². The van der Waals surface area contributed by atoms with Crippen LogP contribution < -0.4 is 0 Å². The lowest BCUT2D eigenvalue weighted by molar-refractivity contribution is 0.548. The van der Waals surface area contributed by atoms with Crippen molar-refractivity contribution in [2.45, 2.75) is 78.2 Å². The predicted octanol–water partition coefficient (Wildman–Crippen LogP) is 6.34. The number of rotatable bonds is 10. The van der Waals surface area contributed by atoms with Crippen molar-refractivity contribution in [1.29, 1.82) is 0 Å². The highest BCUT2D eigenvalue weighted by molar-refractivity contribution is 5.81. The molecule has 2 rings (SSSR count). The molecule has 0 aliphatic heterocycles. The summed E-state index contributed by atoms with van der Waals surface area (Å²) in [6.07, 6.45) is 12.1. The summed E-state index contributed by atoms with van der Waals surface area (Å²) in [7, 11) is 0. The molecule has 0 N–H and O–H groups in total. The van der Waals surface area contributed by atoms with E-state index >= 15 is 0 Å². The molecule has 0 atom stereocenters. The second kappa shape index (κ2) is 8.92. The normalized spacial score (nSPS) is 11.3. The van der Waals surface area contributed by atoms with Crippen molar-refractivity contribution in [3.05, 3.63) is 36.0 Å². The second-order valence-electron chi connectivity index (χ2n) is 6.22. The molecular formula is C20H31N. The first kappa shape index (κ1) is 16.1. The monoisotopic (exact) mass is 285 g/mol. The molecule has 0 aliphatic rings. The number of unbranched alkanes of at least 4 members (excludes halogenated alkanes) is 6. The molecule has 116 valence electrons. The molecule has 21 heavy (non-hydrogen) atoms. The molecule has 0 saturated carbocycles. The number of nitrogens with zero attached hydrogens (tertiary/aromatic N) is 1. The van der Waals surface area contributed by atoms with E-state index in [1.807, 2.05) is 0 Å². The molecule has 0 saturated heterocycles. The number of aryl methyl sites for hydroxylation is 2. The zero-order valence-corrected chi connectivity index (χ0v) is 13.9. The van der Waals surface area contributed by atoms with Crippen LogP contribution in [-0.4, -0.2) is 4.57 Å². The highest BCUT2D eigenvalue weighted by atomic mass is 15.0. The van der Waals surface area contributed by atoms with E-state index in [0.717, 1.165) is 0 Å². The van der Waals surface area contributed by atoms with Crippen LogP contribution in [0.1, 0.15) is 70.9 Å². The minimum absolute atomic E-state index is 1.19. The summed E-state index contributed by atoms with van der Waals surface area (Å²) in [5, 5.41) is 1.41. The second-order valence-corrected chi connectivity index (χ2v) is 6.22. The van der Waals surface area contributed by atoms with Gasteiger partial charge in [-0.15, -0.1) is 0 Å². The fourth-order valence-corrected chi connectivity index (χ4v) is 3.22. The van der Waals surface area contributed by atoms with Crippen molar-refractivity contribution >= 4 is 10.9 Å². The lowest BCUT2D eigenvalue weighted by atomic mass is 10.1. The van der Waals surface area contributed by atoms with Crippen LogP contribution in [0.15, 0.2) is 30.3 Å². The maximum atomic E-state index is 2.56. The van der Waals surface area contributed by atoms with Crippen molar-refractivity contribution in [3.8, 4) is 0 Å².